The molecule has 4 heterocycles. The molecule has 15 heteroatoms. The average Bonchev–Trinajstić information content (AvgIpc) is 4.17. The van der Waals surface area contributed by atoms with Crippen molar-refractivity contribution in [1.29, 1.82) is 0 Å². The number of amides is 2. The lowest BCUT2D eigenvalue weighted by atomic mass is 9.68. The van der Waals surface area contributed by atoms with Gasteiger partial charge >= 0.3 is 0 Å². The van der Waals surface area contributed by atoms with E-state index in [1.807, 2.05) is 18.2 Å². The number of methoxy groups -OCH3 is 2. The zero-order chi connectivity index (χ0) is 48.0. The fourth-order valence-electron chi connectivity index (χ4n) is 13.6. The van der Waals surface area contributed by atoms with Gasteiger partial charge in [-0.15, -0.1) is 0 Å². The van der Waals surface area contributed by atoms with Gasteiger partial charge in [-0.1, -0.05) is 22.4 Å². The van der Waals surface area contributed by atoms with Crippen molar-refractivity contribution in [2.75, 3.05) is 89.5 Å². The molecule has 2 amide bonds. The molecule has 0 spiro atoms. The quantitative estimate of drug-likeness (QED) is 0.105. The Hall–Kier alpha value is -4.31. The fourth-order valence-corrected chi connectivity index (χ4v) is 13.6. The lowest BCUT2D eigenvalue weighted by Crippen LogP contribution is -2.52. The van der Waals surface area contributed by atoms with Crippen molar-refractivity contribution in [3.63, 3.8) is 0 Å². The van der Waals surface area contributed by atoms with Gasteiger partial charge in [0.15, 0.2) is 22.8 Å². The maximum atomic E-state index is 15.0. The summed E-state index contributed by atoms with van der Waals surface area (Å²) in [4.78, 5) is 39.7. The van der Waals surface area contributed by atoms with Crippen molar-refractivity contribution in [2.45, 2.75) is 133 Å². The highest BCUT2D eigenvalue weighted by Gasteiger charge is 2.47. The smallest absolute Gasteiger partial charge is 0.224 e. The molecule has 4 saturated carbocycles. The summed E-state index contributed by atoms with van der Waals surface area (Å²) in [5, 5.41) is 17.7. The molecule has 382 valence electrons. The van der Waals surface area contributed by atoms with Crippen LogP contribution in [-0.4, -0.2) is 136 Å². The van der Waals surface area contributed by atoms with Gasteiger partial charge in [0.2, 0.25) is 11.8 Å². The highest BCUT2D eigenvalue weighted by Crippen LogP contribution is 2.44. The first kappa shape index (κ1) is 49.3. The Bertz CT molecular complexity index is 2300. The van der Waals surface area contributed by atoms with Crippen LogP contribution in [0.1, 0.15) is 109 Å². The van der Waals surface area contributed by atoms with E-state index in [1.165, 1.54) is 18.6 Å². The van der Waals surface area contributed by atoms with Gasteiger partial charge in [0.05, 0.1) is 34.8 Å². The molecule has 10 rings (SSSR count). The number of fused-ring (bicyclic) bond motifs is 2. The number of carbonyl (C=O) groups is 2. The fraction of sp³-hybridized carbons (Fsp3) is 0.709. The highest BCUT2D eigenvalue weighted by atomic mass is 19.1. The van der Waals surface area contributed by atoms with E-state index in [1.54, 1.807) is 20.3 Å². The summed E-state index contributed by atoms with van der Waals surface area (Å²) in [6, 6.07) is 13.0. The second kappa shape index (κ2) is 23.1. The van der Waals surface area contributed by atoms with Crippen LogP contribution >= 0.6 is 0 Å². The van der Waals surface area contributed by atoms with E-state index in [0.717, 1.165) is 196 Å². The molecule has 4 unspecified atom stereocenters. The van der Waals surface area contributed by atoms with Crippen molar-refractivity contribution in [1.82, 2.24) is 30.7 Å². The first-order chi connectivity index (χ1) is 34.3. The monoisotopic (exact) mass is 967 g/mol. The van der Waals surface area contributed by atoms with Crippen LogP contribution in [0.4, 0.5) is 16.0 Å². The Balaban J connectivity index is 0.708. The van der Waals surface area contributed by atoms with Crippen LogP contribution in [0.15, 0.2) is 51.5 Å². The van der Waals surface area contributed by atoms with Crippen LogP contribution in [0.3, 0.4) is 0 Å². The molecule has 4 atom stereocenters. The Labute approximate surface area is 414 Å². The van der Waals surface area contributed by atoms with E-state index in [4.69, 9.17) is 18.5 Å². The van der Waals surface area contributed by atoms with Crippen LogP contribution in [0.5, 0.6) is 0 Å². The predicted octanol–water partition coefficient (Wildman–Crippen LogP) is 8.44. The predicted molar refractivity (Wildman–Crippen MR) is 270 cm³/mol. The summed E-state index contributed by atoms with van der Waals surface area (Å²) in [5.74, 6) is 2.48. The van der Waals surface area contributed by atoms with Crippen LogP contribution in [-0.2, 0) is 19.1 Å². The van der Waals surface area contributed by atoms with Gasteiger partial charge in [0.25, 0.3) is 0 Å². The average molecular weight is 967 g/mol. The normalized spacial score (nSPS) is 29.4. The van der Waals surface area contributed by atoms with Gasteiger partial charge in [-0.05, 0) is 176 Å². The topological polar surface area (TPSA) is 142 Å². The first-order valence-corrected chi connectivity index (χ1v) is 27.3. The number of piperazine rings is 2. The number of nitrogens with zero attached hydrogens (tertiary/aromatic N) is 6. The molecule has 2 N–H and O–H groups in total. The number of rotatable bonds is 17. The van der Waals surface area contributed by atoms with Gasteiger partial charge in [0, 0.05) is 78.7 Å². The number of anilines is 2. The number of carbonyl (C=O) groups excluding carboxylic acids is 2. The number of aromatic nitrogens is 2. The molecule has 6 fully saturated rings. The number of ether oxygens (including phenoxy) is 2. The van der Waals surface area contributed by atoms with Crippen molar-refractivity contribution in [2.24, 2.45) is 35.5 Å². The molecule has 0 radical (unpaired) electrons. The van der Waals surface area contributed by atoms with E-state index in [2.05, 4.69) is 46.6 Å². The zero-order valence-corrected chi connectivity index (χ0v) is 41.9. The Morgan fingerprint density at radius 2 is 1.09 bits per heavy atom. The first-order valence-electron chi connectivity index (χ1n) is 27.3. The number of hydrogen-bond donors (Lipinski definition) is 2. The van der Waals surface area contributed by atoms with Crippen LogP contribution in [0.2, 0.25) is 0 Å². The summed E-state index contributed by atoms with van der Waals surface area (Å²) in [6.07, 6.45) is 17.5. The molecule has 2 aromatic carbocycles. The van der Waals surface area contributed by atoms with Gasteiger partial charge < -0.3 is 39.0 Å². The summed E-state index contributed by atoms with van der Waals surface area (Å²) in [6.45, 7) is 9.67. The molecule has 2 aliphatic heterocycles. The molecular weight excluding hydrogens is 888 g/mol. The van der Waals surface area contributed by atoms with Gasteiger partial charge in [-0.25, -0.2) is 4.39 Å². The molecule has 4 aliphatic carbocycles. The standard InChI is InChI=1S/C55H79FN8O6/c1-67-44-19-11-39(12-20-44)50(54(65)57-42-15-7-37(8-16-42)24-26-62-29-33-64(34-30-62)53-47-36-41(56)14-22-49(47)70-60-53)51(40-13-21-45(35-40)68-2)55(66)58-43-17-9-38(10-18-43)23-25-61-27-31-63(32-28-61)52-46-5-3-4-6-48(46)69-59-52/h3-6,14,22,36-40,42-45,50-51H,7-13,15-21,23-35H2,1-2H3,(H,57,65)(H,58,66). The molecule has 0 bridgehead atoms. The van der Waals surface area contributed by atoms with E-state index in [0.29, 0.717) is 17.4 Å². The number of nitrogens with one attached hydrogen (secondary N) is 2. The van der Waals surface area contributed by atoms with Crippen LogP contribution < -0.4 is 20.4 Å². The lowest BCUT2D eigenvalue weighted by Gasteiger charge is -2.40. The number of para-hydroxylation sites is 1. The second-order valence-electron chi connectivity index (χ2n) is 22.1. The van der Waals surface area contributed by atoms with Crippen molar-refractivity contribution in [3.05, 3.63) is 48.3 Å². The van der Waals surface area contributed by atoms with Crippen molar-refractivity contribution < 1.29 is 32.5 Å². The summed E-state index contributed by atoms with van der Waals surface area (Å²) >= 11 is 0. The van der Waals surface area contributed by atoms with E-state index in [9.17, 15) is 14.0 Å². The van der Waals surface area contributed by atoms with Crippen LogP contribution in [0, 0.1) is 41.3 Å². The van der Waals surface area contributed by atoms with Gasteiger partial charge in [0.1, 0.15) is 5.82 Å². The molecular formula is C55H79FN8O6. The van der Waals surface area contributed by atoms with Crippen molar-refractivity contribution >= 4 is 45.4 Å². The third-order valence-corrected chi connectivity index (χ3v) is 18.0. The third-order valence-electron chi connectivity index (χ3n) is 18.0. The van der Waals surface area contributed by atoms with Crippen molar-refractivity contribution in [3.8, 4) is 0 Å². The van der Waals surface area contributed by atoms with Crippen LogP contribution in [0.25, 0.3) is 21.9 Å². The zero-order valence-electron chi connectivity index (χ0n) is 41.9. The van der Waals surface area contributed by atoms with E-state index in [-0.39, 0.29) is 65.6 Å². The summed E-state index contributed by atoms with van der Waals surface area (Å²) in [5.41, 5.74) is 1.46. The number of hydrogen-bond acceptors (Lipinski definition) is 12. The summed E-state index contributed by atoms with van der Waals surface area (Å²) < 4.78 is 36.8. The lowest BCUT2D eigenvalue weighted by molar-refractivity contribution is -0.141. The minimum Gasteiger partial charge on any atom is -0.381 e. The Morgan fingerprint density at radius 3 is 1.63 bits per heavy atom. The Morgan fingerprint density at radius 1 is 0.600 bits per heavy atom. The minimum absolute atomic E-state index is 0.102. The molecule has 70 heavy (non-hydrogen) atoms. The molecule has 14 nitrogen and oxygen atoms in total. The van der Waals surface area contributed by atoms with E-state index < -0.39 is 0 Å². The number of halogens is 1. The minimum atomic E-state index is -0.364. The molecule has 2 aromatic heterocycles. The maximum Gasteiger partial charge on any atom is 0.224 e. The SMILES string of the molecule is COC1CCC(C(C(=O)NC2CCC(CCN3CCN(c4noc5ccc(F)cc45)CC3)CC2)C(C(=O)NC2CCC(CCN3CCN(c4noc5ccccc45)CC3)CC2)C2CCC(OC)C2)CC1. The molecule has 4 aromatic rings. The Kier molecular flexibility index (Phi) is 16.2. The second-order valence-corrected chi connectivity index (χ2v) is 22.1. The van der Waals surface area contributed by atoms with Gasteiger partial charge in [-0.2, -0.15) is 0 Å². The summed E-state index contributed by atoms with van der Waals surface area (Å²) in [7, 11) is 3.59. The van der Waals surface area contributed by atoms with Gasteiger partial charge in [-0.3, -0.25) is 19.4 Å². The molecule has 6 aliphatic rings. The maximum absolute atomic E-state index is 15.0. The van der Waals surface area contributed by atoms with E-state index >= 15 is 0 Å². The highest BCUT2D eigenvalue weighted by molar-refractivity contribution is 5.90. The molecule has 2 saturated heterocycles. The third kappa shape index (κ3) is 11.6. The number of benzene rings is 2. The largest absolute Gasteiger partial charge is 0.381 e.